The summed E-state index contributed by atoms with van der Waals surface area (Å²) < 4.78 is 5.99. The van der Waals surface area contributed by atoms with Crippen LogP contribution in [0.3, 0.4) is 0 Å². The van der Waals surface area contributed by atoms with Gasteiger partial charge < -0.3 is 9.84 Å². The van der Waals surface area contributed by atoms with E-state index >= 15 is 0 Å². The zero-order valence-electron chi connectivity index (χ0n) is 13.8. The lowest BCUT2D eigenvalue weighted by Gasteiger charge is -2.43. The summed E-state index contributed by atoms with van der Waals surface area (Å²) in [6.45, 7) is 5.97. The van der Waals surface area contributed by atoms with E-state index in [1.54, 1.807) is 0 Å². The quantitative estimate of drug-likeness (QED) is 0.589. The minimum atomic E-state index is -0.832. The molecular weight excluding hydrogens is 308 g/mol. The molecule has 5 rings (SSSR count). The number of carboxylic acid groups (broad SMARTS) is 1. The van der Waals surface area contributed by atoms with Gasteiger partial charge in [0.25, 0.3) is 0 Å². The summed E-state index contributed by atoms with van der Waals surface area (Å²) in [6.07, 6.45) is 3.75. The highest BCUT2D eigenvalue weighted by Crippen LogP contribution is 2.77. The van der Waals surface area contributed by atoms with Gasteiger partial charge in [-0.3, -0.25) is 14.4 Å². The molecule has 0 aromatic rings. The third-order valence-corrected chi connectivity index (χ3v) is 8.16. The van der Waals surface area contributed by atoms with E-state index in [1.807, 2.05) is 6.92 Å². The van der Waals surface area contributed by atoms with Crippen molar-refractivity contribution in [3.05, 3.63) is 12.2 Å². The normalized spacial score (nSPS) is 54.5. The number of hydrogen-bond acceptors (Lipinski definition) is 4. The van der Waals surface area contributed by atoms with Gasteiger partial charge in [-0.1, -0.05) is 12.2 Å². The SMILES string of the molecule is C=C1C[C@]23C[C@H]1C(=O)C[C@H]2[C@@]12CCC[C@@](C)(C(=O)O1)[C@H]2[C@@H]3C(=O)O. The second kappa shape index (κ2) is 3.94. The Labute approximate surface area is 140 Å². The first-order valence-electron chi connectivity index (χ1n) is 8.93. The Kier molecular flexibility index (Phi) is 2.41. The molecule has 1 N–H and O–H groups in total. The van der Waals surface area contributed by atoms with Crippen molar-refractivity contribution in [3.8, 4) is 0 Å². The molecule has 5 nitrogen and oxygen atoms in total. The maximum Gasteiger partial charge on any atom is 0.312 e. The number of carboxylic acids is 1. The van der Waals surface area contributed by atoms with E-state index in [0.717, 1.165) is 12.0 Å². The first-order valence-corrected chi connectivity index (χ1v) is 8.93. The number of carbonyl (C=O) groups excluding carboxylic acids is 2. The topological polar surface area (TPSA) is 80.7 Å². The fourth-order valence-electron chi connectivity index (χ4n) is 7.46. The van der Waals surface area contributed by atoms with Gasteiger partial charge in [0.1, 0.15) is 11.4 Å². The van der Waals surface area contributed by atoms with E-state index in [1.165, 1.54) is 0 Å². The minimum Gasteiger partial charge on any atom is -0.481 e. The number of carbonyl (C=O) groups is 3. The van der Waals surface area contributed by atoms with Gasteiger partial charge in [-0.15, -0.1) is 0 Å². The summed E-state index contributed by atoms with van der Waals surface area (Å²) in [5.41, 5.74) is -1.05. The molecular formula is C19H22O5. The predicted molar refractivity (Wildman–Crippen MR) is 82.8 cm³/mol. The molecule has 128 valence electrons. The standard InChI is InChI=1S/C19H22O5/c1-9-7-18-8-10(9)11(20)6-12(18)19-5-3-4-17(2,16(23)24-19)14(19)13(18)15(21)22/h10,12-14H,1,3-8H2,2H3,(H,21,22)/t10-,12-,13-,14-,17-,18+,19-/m1/s1. The van der Waals surface area contributed by atoms with Crippen LogP contribution >= 0.6 is 0 Å². The van der Waals surface area contributed by atoms with E-state index in [4.69, 9.17) is 4.74 Å². The van der Waals surface area contributed by atoms with Crippen LogP contribution in [-0.2, 0) is 19.1 Å². The van der Waals surface area contributed by atoms with Gasteiger partial charge in [0.15, 0.2) is 0 Å². The Morgan fingerprint density at radius 3 is 2.79 bits per heavy atom. The van der Waals surface area contributed by atoms with Crippen molar-refractivity contribution in [2.75, 3.05) is 0 Å². The second-order valence-electron chi connectivity index (χ2n) is 8.96. The van der Waals surface area contributed by atoms with E-state index in [0.29, 0.717) is 32.1 Å². The lowest BCUT2D eigenvalue weighted by molar-refractivity contribution is -0.162. The lowest BCUT2D eigenvalue weighted by atomic mass is 9.60. The smallest absolute Gasteiger partial charge is 0.312 e. The Balaban J connectivity index is 1.77. The third-order valence-electron chi connectivity index (χ3n) is 8.16. The minimum absolute atomic E-state index is 0.160. The second-order valence-corrected chi connectivity index (χ2v) is 8.96. The number of hydrogen-bond donors (Lipinski definition) is 1. The highest BCUT2D eigenvalue weighted by Gasteiger charge is 2.82. The van der Waals surface area contributed by atoms with Crippen LogP contribution in [0.1, 0.15) is 45.4 Å². The summed E-state index contributed by atoms with van der Waals surface area (Å²) in [5, 5.41) is 10.1. The van der Waals surface area contributed by atoms with Gasteiger partial charge in [0.05, 0.1) is 11.3 Å². The number of ketones is 1. The van der Waals surface area contributed by atoms with E-state index in [9.17, 15) is 19.5 Å². The van der Waals surface area contributed by atoms with Crippen LogP contribution in [-0.4, -0.2) is 28.4 Å². The Hall–Kier alpha value is -1.65. The molecule has 0 amide bonds. The molecule has 4 aliphatic carbocycles. The molecule has 1 spiro atoms. The number of esters is 1. The first-order chi connectivity index (χ1) is 11.3. The summed E-state index contributed by atoms with van der Waals surface area (Å²) in [4.78, 5) is 37.7. The maximum absolute atomic E-state index is 12.7. The molecule has 7 atom stereocenters. The van der Waals surface area contributed by atoms with Gasteiger partial charge >= 0.3 is 11.9 Å². The van der Waals surface area contributed by atoms with Crippen molar-refractivity contribution < 1.29 is 24.2 Å². The Morgan fingerprint density at radius 2 is 2.08 bits per heavy atom. The van der Waals surface area contributed by atoms with Crippen molar-refractivity contribution in [2.24, 2.45) is 34.5 Å². The molecule has 4 saturated carbocycles. The Bertz CT molecular complexity index is 725. The molecule has 0 aromatic carbocycles. The monoisotopic (exact) mass is 330 g/mol. The molecule has 1 saturated heterocycles. The molecule has 1 heterocycles. The van der Waals surface area contributed by atoms with Crippen molar-refractivity contribution in [1.29, 1.82) is 0 Å². The van der Waals surface area contributed by atoms with Crippen molar-refractivity contribution in [3.63, 3.8) is 0 Å². The zero-order chi connectivity index (χ0) is 17.1. The maximum atomic E-state index is 12.7. The molecule has 0 aromatic heterocycles. The van der Waals surface area contributed by atoms with Gasteiger partial charge in [-0.05, 0) is 44.4 Å². The largest absolute Gasteiger partial charge is 0.481 e. The van der Waals surface area contributed by atoms with E-state index in [-0.39, 0.29) is 29.5 Å². The van der Waals surface area contributed by atoms with Crippen LogP contribution < -0.4 is 0 Å². The van der Waals surface area contributed by atoms with Crippen LogP contribution in [0.15, 0.2) is 12.2 Å². The summed E-state index contributed by atoms with van der Waals surface area (Å²) in [7, 11) is 0. The van der Waals surface area contributed by atoms with Crippen LogP contribution in [0, 0.1) is 34.5 Å². The van der Waals surface area contributed by atoms with Gasteiger partial charge in [-0.2, -0.15) is 0 Å². The van der Waals surface area contributed by atoms with Crippen molar-refractivity contribution in [1.82, 2.24) is 0 Å². The average molecular weight is 330 g/mol. The summed E-state index contributed by atoms with van der Waals surface area (Å²) in [5.74, 6) is -2.21. The molecule has 0 unspecified atom stereocenters. The Morgan fingerprint density at radius 1 is 1.33 bits per heavy atom. The third kappa shape index (κ3) is 1.27. The fourth-order valence-corrected chi connectivity index (χ4v) is 7.46. The lowest BCUT2D eigenvalue weighted by Crippen LogP contribution is -2.47. The number of ether oxygens (including phenoxy) is 1. The summed E-state index contributed by atoms with van der Waals surface area (Å²) in [6, 6.07) is 0. The highest BCUT2D eigenvalue weighted by molar-refractivity contribution is 5.90. The zero-order valence-corrected chi connectivity index (χ0v) is 13.8. The number of Topliss-reactive ketones (excluding diaryl/α,β-unsaturated/α-hetero) is 1. The number of aliphatic carboxylic acids is 1. The van der Waals surface area contributed by atoms with Gasteiger partial charge in [0.2, 0.25) is 0 Å². The van der Waals surface area contributed by atoms with Crippen LogP contribution in [0.4, 0.5) is 0 Å². The molecule has 1 aliphatic heterocycles. The molecule has 5 fully saturated rings. The molecule has 4 bridgehead atoms. The molecule has 24 heavy (non-hydrogen) atoms. The van der Waals surface area contributed by atoms with Gasteiger partial charge in [-0.25, -0.2) is 0 Å². The molecule has 0 radical (unpaired) electrons. The average Bonchev–Trinajstić information content (AvgIpc) is 2.96. The van der Waals surface area contributed by atoms with Crippen molar-refractivity contribution in [2.45, 2.75) is 51.0 Å². The fraction of sp³-hybridized carbons (Fsp3) is 0.737. The molecule has 5 heteroatoms. The van der Waals surface area contributed by atoms with Gasteiger partial charge in [0, 0.05) is 24.2 Å². The first kappa shape index (κ1) is 14.7. The van der Waals surface area contributed by atoms with Crippen LogP contribution in [0.2, 0.25) is 0 Å². The van der Waals surface area contributed by atoms with Crippen molar-refractivity contribution >= 4 is 17.7 Å². The van der Waals surface area contributed by atoms with E-state index < -0.39 is 28.3 Å². The predicted octanol–water partition coefficient (Wildman–Crippen LogP) is 2.34. The molecule has 5 aliphatic rings. The summed E-state index contributed by atoms with van der Waals surface area (Å²) >= 11 is 0. The number of allylic oxidation sites excluding steroid dienone is 1. The van der Waals surface area contributed by atoms with E-state index in [2.05, 4.69) is 6.58 Å². The number of fused-ring (bicyclic) bond motifs is 1. The number of rotatable bonds is 1. The van der Waals surface area contributed by atoms with Crippen LogP contribution in [0.5, 0.6) is 0 Å². The highest BCUT2D eigenvalue weighted by atomic mass is 16.6. The van der Waals surface area contributed by atoms with Crippen LogP contribution in [0.25, 0.3) is 0 Å².